The molecule has 15 heavy (non-hydrogen) atoms. The number of nitrogens with one attached hydrogen (secondary N) is 1. The molecule has 1 aliphatic rings. The predicted octanol–water partition coefficient (Wildman–Crippen LogP) is 2.17. The lowest BCUT2D eigenvalue weighted by Crippen LogP contribution is -2.35. The summed E-state index contributed by atoms with van der Waals surface area (Å²) in [7, 11) is 0. The van der Waals surface area contributed by atoms with E-state index in [0.29, 0.717) is 19.3 Å². The van der Waals surface area contributed by atoms with E-state index < -0.39 is 0 Å². The molecule has 3 heteroatoms. The standard InChI is InChI=1S/C12H23NO2/c1-6-7-15-8-13-10(14)12(5)9(2)11(12,3)4/h9H,6-8H2,1-5H3,(H,13,14). The Labute approximate surface area is 92.6 Å². The highest BCUT2D eigenvalue weighted by Crippen LogP contribution is 2.68. The fourth-order valence-corrected chi connectivity index (χ4v) is 2.28. The molecule has 0 heterocycles. The maximum absolute atomic E-state index is 11.9. The van der Waals surface area contributed by atoms with Crippen LogP contribution in [0.4, 0.5) is 0 Å². The number of carbonyl (C=O) groups is 1. The average molecular weight is 213 g/mol. The molecule has 1 amide bonds. The summed E-state index contributed by atoms with van der Waals surface area (Å²) in [5, 5.41) is 2.84. The maximum atomic E-state index is 11.9. The van der Waals surface area contributed by atoms with Gasteiger partial charge in [0.15, 0.2) is 0 Å². The van der Waals surface area contributed by atoms with E-state index in [2.05, 4.69) is 33.0 Å². The molecule has 0 spiro atoms. The average Bonchev–Trinajstić information content (AvgIpc) is 2.58. The van der Waals surface area contributed by atoms with Gasteiger partial charge in [-0.05, 0) is 24.7 Å². The summed E-state index contributed by atoms with van der Waals surface area (Å²) in [5.41, 5.74) is -0.107. The molecule has 0 aliphatic heterocycles. The third-order valence-corrected chi connectivity index (χ3v) is 4.36. The second-order valence-electron chi connectivity index (χ2n) is 5.20. The summed E-state index contributed by atoms with van der Waals surface area (Å²) in [6.45, 7) is 11.5. The lowest BCUT2D eigenvalue weighted by Gasteiger charge is -2.14. The van der Waals surface area contributed by atoms with E-state index in [1.807, 2.05) is 6.92 Å². The van der Waals surface area contributed by atoms with Crippen molar-refractivity contribution in [3.8, 4) is 0 Å². The van der Waals surface area contributed by atoms with Gasteiger partial charge in [0.2, 0.25) is 5.91 Å². The Morgan fingerprint density at radius 1 is 1.40 bits per heavy atom. The fourth-order valence-electron chi connectivity index (χ4n) is 2.28. The number of hydrogen-bond donors (Lipinski definition) is 1. The molecule has 0 aromatic rings. The second-order valence-corrected chi connectivity index (χ2v) is 5.20. The van der Waals surface area contributed by atoms with Crippen LogP contribution in [0.15, 0.2) is 0 Å². The smallest absolute Gasteiger partial charge is 0.228 e. The first-order chi connectivity index (χ1) is 6.89. The minimum Gasteiger partial charge on any atom is -0.361 e. The van der Waals surface area contributed by atoms with Gasteiger partial charge in [-0.15, -0.1) is 0 Å². The van der Waals surface area contributed by atoms with Crippen LogP contribution in [0.3, 0.4) is 0 Å². The number of carbonyl (C=O) groups excluding carboxylic acids is 1. The lowest BCUT2D eigenvalue weighted by molar-refractivity contribution is -0.129. The zero-order chi connectivity index (χ0) is 11.7. The first-order valence-corrected chi connectivity index (χ1v) is 5.75. The van der Waals surface area contributed by atoms with Crippen LogP contribution in [0.2, 0.25) is 0 Å². The minimum absolute atomic E-state index is 0.113. The Morgan fingerprint density at radius 2 is 1.93 bits per heavy atom. The number of hydrogen-bond acceptors (Lipinski definition) is 2. The van der Waals surface area contributed by atoms with Crippen LogP contribution in [0, 0.1) is 16.7 Å². The van der Waals surface area contributed by atoms with Gasteiger partial charge in [0.05, 0.1) is 5.41 Å². The van der Waals surface area contributed by atoms with E-state index in [9.17, 15) is 4.79 Å². The molecule has 2 unspecified atom stereocenters. The molecule has 0 bridgehead atoms. The first kappa shape index (κ1) is 12.5. The SMILES string of the molecule is CCCOCNC(=O)C1(C)C(C)C1(C)C. The third kappa shape index (κ3) is 1.89. The van der Waals surface area contributed by atoms with Gasteiger partial charge in [0.1, 0.15) is 6.73 Å². The molecule has 0 aromatic carbocycles. The van der Waals surface area contributed by atoms with Crippen LogP contribution < -0.4 is 5.32 Å². The number of ether oxygens (including phenoxy) is 1. The van der Waals surface area contributed by atoms with E-state index in [0.717, 1.165) is 6.42 Å². The van der Waals surface area contributed by atoms with E-state index in [4.69, 9.17) is 4.74 Å². The van der Waals surface area contributed by atoms with Crippen LogP contribution in [-0.2, 0) is 9.53 Å². The second kappa shape index (κ2) is 4.12. The van der Waals surface area contributed by atoms with Crippen LogP contribution in [0.5, 0.6) is 0 Å². The highest BCUT2D eigenvalue weighted by Gasteiger charge is 2.69. The molecule has 2 atom stereocenters. The van der Waals surface area contributed by atoms with Gasteiger partial charge in [-0.3, -0.25) is 4.79 Å². The van der Waals surface area contributed by atoms with Gasteiger partial charge in [-0.25, -0.2) is 0 Å². The van der Waals surface area contributed by atoms with E-state index >= 15 is 0 Å². The number of amides is 1. The summed E-state index contributed by atoms with van der Waals surface area (Å²) < 4.78 is 5.25. The summed E-state index contributed by atoms with van der Waals surface area (Å²) in [5.74, 6) is 0.562. The van der Waals surface area contributed by atoms with Gasteiger partial charge in [0.25, 0.3) is 0 Å². The van der Waals surface area contributed by atoms with Crippen molar-refractivity contribution in [3.63, 3.8) is 0 Å². The maximum Gasteiger partial charge on any atom is 0.228 e. The van der Waals surface area contributed by atoms with Crippen molar-refractivity contribution >= 4 is 5.91 Å². The molecule has 1 fully saturated rings. The largest absolute Gasteiger partial charge is 0.361 e. The molecule has 0 aromatic heterocycles. The van der Waals surface area contributed by atoms with Gasteiger partial charge in [-0.1, -0.05) is 27.7 Å². The molecular formula is C12H23NO2. The molecule has 1 saturated carbocycles. The molecule has 1 aliphatic carbocycles. The zero-order valence-corrected chi connectivity index (χ0v) is 10.5. The van der Waals surface area contributed by atoms with Crippen molar-refractivity contribution in [2.75, 3.05) is 13.3 Å². The van der Waals surface area contributed by atoms with Crippen LogP contribution in [0.25, 0.3) is 0 Å². The molecule has 1 rings (SSSR count). The van der Waals surface area contributed by atoms with E-state index in [-0.39, 0.29) is 16.7 Å². The molecule has 0 saturated heterocycles. The fraction of sp³-hybridized carbons (Fsp3) is 0.917. The highest BCUT2D eigenvalue weighted by atomic mass is 16.5. The Balaban J connectivity index is 2.36. The lowest BCUT2D eigenvalue weighted by atomic mass is 9.97. The third-order valence-electron chi connectivity index (χ3n) is 4.36. The Hall–Kier alpha value is -0.570. The van der Waals surface area contributed by atoms with Crippen molar-refractivity contribution in [1.82, 2.24) is 5.32 Å². The van der Waals surface area contributed by atoms with Crippen LogP contribution in [-0.4, -0.2) is 19.2 Å². The Kier molecular flexibility index (Phi) is 3.44. The Bertz CT molecular complexity index is 250. The molecule has 3 nitrogen and oxygen atoms in total. The summed E-state index contributed by atoms with van der Waals surface area (Å²) in [4.78, 5) is 11.9. The predicted molar refractivity (Wildman–Crippen MR) is 60.3 cm³/mol. The normalized spacial score (nSPS) is 32.5. The number of rotatable bonds is 5. The van der Waals surface area contributed by atoms with Crippen LogP contribution >= 0.6 is 0 Å². The quantitative estimate of drug-likeness (QED) is 0.561. The summed E-state index contributed by atoms with van der Waals surface area (Å²) >= 11 is 0. The van der Waals surface area contributed by atoms with Crippen LogP contribution in [0.1, 0.15) is 41.0 Å². The topological polar surface area (TPSA) is 38.3 Å². The van der Waals surface area contributed by atoms with Crippen molar-refractivity contribution in [2.45, 2.75) is 41.0 Å². The Morgan fingerprint density at radius 3 is 2.33 bits per heavy atom. The molecule has 1 N–H and O–H groups in total. The monoisotopic (exact) mass is 213 g/mol. The minimum atomic E-state index is -0.220. The van der Waals surface area contributed by atoms with Crippen molar-refractivity contribution in [1.29, 1.82) is 0 Å². The zero-order valence-electron chi connectivity index (χ0n) is 10.5. The van der Waals surface area contributed by atoms with Gasteiger partial charge in [-0.2, -0.15) is 0 Å². The summed E-state index contributed by atoms with van der Waals surface area (Å²) in [6, 6.07) is 0. The molecule has 0 radical (unpaired) electrons. The molecule has 88 valence electrons. The van der Waals surface area contributed by atoms with Crippen molar-refractivity contribution in [3.05, 3.63) is 0 Å². The molecular weight excluding hydrogens is 190 g/mol. The van der Waals surface area contributed by atoms with Crippen molar-refractivity contribution < 1.29 is 9.53 Å². The van der Waals surface area contributed by atoms with Crippen molar-refractivity contribution in [2.24, 2.45) is 16.7 Å². The summed E-state index contributed by atoms with van der Waals surface area (Å²) in [6.07, 6.45) is 0.981. The van der Waals surface area contributed by atoms with Gasteiger partial charge >= 0.3 is 0 Å². The van der Waals surface area contributed by atoms with Gasteiger partial charge < -0.3 is 10.1 Å². The van der Waals surface area contributed by atoms with Gasteiger partial charge in [0, 0.05) is 6.61 Å². The highest BCUT2D eigenvalue weighted by molar-refractivity contribution is 5.87. The van der Waals surface area contributed by atoms with E-state index in [1.54, 1.807) is 0 Å². The van der Waals surface area contributed by atoms with E-state index in [1.165, 1.54) is 0 Å². The first-order valence-electron chi connectivity index (χ1n) is 5.75.